The van der Waals surface area contributed by atoms with Gasteiger partial charge in [0.15, 0.2) is 0 Å². The van der Waals surface area contributed by atoms with Crippen LogP contribution in [0.4, 0.5) is 17.1 Å². The number of rotatable bonds is 2. The maximum absolute atomic E-state index is 4.35. The predicted molar refractivity (Wildman–Crippen MR) is 96.9 cm³/mol. The molecule has 2 heterocycles. The van der Waals surface area contributed by atoms with Crippen molar-refractivity contribution in [2.45, 2.75) is 0 Å². The van der Waals surface area contributed by atoms with E-state index in [2.05, 4.69) is 41.5 Å². The van der Waals surface area contributed by atoms with E-state index in [4.69, 9.17) is 0 Å². The van der Waals surface area contributed by atoms with Crippen molar-refractivity contribution in [3.8, 4) is 0 Å². The summed E-state index contributed by atoms with van der Waals surface area (Å²) in [6, 6.07) is 10.1. The Kier molecular flexibility index (Phi) is 4.04. The molecule has 0 spiro atoms. The first-order valence-corrected chi connectivity index (χ1v) is 7.37. The maximum Gasteiger partial charge on any atom is 0.107 e. The van der Waals surface area contributed by atoms with Crippen LogP contribution in [0.25, 0.3) is 11.0 Å². The quantitative estimate of drug-likeness (QED) is 0.623. The van der Waals surface area contributed by atoms with Gasteiger partial charge in [0, 0.05) is 21.9 Å². The highest BCUT2D eigenvalue weighted by atomic mass is 79.9. The minimum atomic E-state index is 0. The molecule has 3 aromatic rings. The van der Waals surface area contributed by atoms with Gasteiger partial charge in [-0.3, -0.25) is 4.99 Å². The van der Waals surface area contributed by atoms with E-state index in [0.717, 1.165) is 38.1 Å². The lowest BCUT2D eigenvalue weighted by Crippen LogP contribution is -2.10. The summed E-state index contributed by atoms with van der Waals surface area (Å²) in [5.74, 6) is 0. The first-order chi connectivity index (χ1) is 10.3. The third kappa shape index (κ3) is 2.55. The molecule has 5 nitrogen and oxygen atoms in total. The zero-order valence-corrected chi connectivity index (χ0v) is 13.8. The van der Waals surface area contributed by atoms with Crippen LogP contribution in [0.1, 0.15) is 5.56 Å². The second kappa shape index (κ2) is 5.98. The maximum atomic E-state index is 4.35. The fourth-order valence-electron chi connectivity index (χ4n) is 2.50. The van der Waals surface area contributed by atoms with E-state index in [1.165, 1.54) is 0 Å². The van der Waals surface area contributed by atoms with Crippen molar-refractivity contribution < 1.29 is 0 Å². The summed E-state index contributed by atoms with van der Waals surface area (Å²) in [7, 11) is 0. The average molecular weight is 379 g/mol. The van der Waals surface area contributed by atoms with Crippen molar-refractivity contribution in [1.29, 1.82) is 0 Å². The van der Waals surface area contributed by atoms with E-state index in [0.29, 0.717) is 6.67 Å². The molecule has 22 heavy (non-hydrogen) atoms. The summed E-state index contributed by atoms with van der Waals surface area (Å²) in [6.45, 7) is 0.583. The van der Waals surface area contributed by atoms with Gasteiger partial charge in [-0.05, 0) is 24.3 Å². The second-order valence-electron chi connectivity index (χ2n) is 4.79. The van der Waals surface area contributed by atoms with Crippen LogP contribution in [0.15, 0.2) is 46.1 Å². The Labute approximate surface area is 141 Å². The number of hydrogen-bond acceptors (Lipinski definition) is 4. The van der Waals surface area contributed by atoms with Crippen molar-refractivity contribution in [3.63, 3.8) is 0 Å². The normalized spacial score (nSPS) is 12.4. The van der Waals surface area contributed by atoms with Crippen molar-refractivity contribution in [2.24, 2.45) is 4.99 Å². The molecule has 3 N–H and O–H groups in total. The molecule has 112 valence electrons. The Bertz CT molecular complexity index is 858. The van der Waals surface area contributed by atoms with Gasteiger partial charge in [-0.2, -0.15) is 0 Å². The van der Waals surface area contributed by atoms with Crippen molar-refractivity contribution >= 4 is 62.6 Å². The Morgan fingerprint density at radius 2 is 2.14 bits per heavy atom. The van der Waals surface area contributed by atoms with Crippen molar-refractivity contribution in [1.82, 2.24) is 9.97 Å². The molecule has 0 amide bonds. The zero-order chi connectivity index (χ0) is 14.2. The van der Waals surface area contributed by atoms with Crippen LogP contribution in [-0.2, 0) is 0 Å². The van der Waals surface area contributed by atoms with Crippen LogP contribution in [0.3, 0.4) is 0 Å². The van der Waals surface area contributed by atoms with Gasteiger partial charge < -0.3 is 15.6 Å². The van der Waals surface area contributed by atoms with E-state index < -0.39 is 0 Å². The topological polar surface area (TPSA) is 65.1 Å². The summed E-state index contributed by atoms with van der Waals surface area (Å²) in [6.07, 6.45) is 3.59. The first-order valence-electron chi connectivity index (χ1n) is 6.57. The number of imidazole rings is 1. The molecule has 0 bridgehead atoms. The van der Waals surface area contributed by atoms with E-state index in [9.17, 15) is 0 Å². The molecular weight excluding hydrogens is 366 g/mol. The number of nitrogens with one attached hydrogen (secondary N) is 3. The molecule has 0 unspecified atom stereocenters. The van der Waals surface area contributed by atoms with Crippen molar-refractivity contribution in [2.75, 3.05) is 17.3 Å². The van der Waals surface area contributed by atoms with Crippen molar-refractivity contribution in [3.05, 3.63) is 46.7 Å². The van der Waals surface area contributed by atoms with E-state index >= 15 is 0 Å². The smallest absolute Gasteiger partial charge is 0.107 e. The van der Waals surface area contributed by atoms with E-state index in [1.807, 2.05) is 36.5 Å². The Balaban J connectivity index is 0.00000144. The monoisotopic (exact) mass is 377 g/mol. The highest BCUT2D eigenvalue weighted by Gasteiger charge is 2.16. The molecule has 0 saturated heterocycles. The minimum absolute atomic E-state index is 0. The van der Waals surface area contributed by atoms with Crippen LogP contribution >= 0.6 is 28.3 Å². The number of nitrogens with zero attached hydrogens (tertiary/aromatic N) is 2. The summed E-state index contributed by atoms with van der Waals surface area (Å²) in [4.78, 5) is 11.8. The molecule has 0 atom stereocenters. The highest BCUT2D eigenvalue weighted by Crippen LogP contribution is 2.36. The molecule has 1 aliphatic rings. The van der Waals surface area contributed by atoms with Gasteiger partial charge in [0.05, 0.1) is 28.7 Å². The van der Waals surface area contributed by atoms with Gasteiger partial charge in [-0.15, -0.1) is 12.4 Å². The average Bonchev–Trinajstić information content (AvgIpc) is 2.95. The Hall–Kier alpha value is -2.05. The lowest BCUT2D eigenvalue weighted by molar-refractivity contribution is 1.13. The number of hydrogen-bond donors (Lipinski definition) is 3. The lowest BCUT2D eigenvalue weighted by Gasteiger charge is -2.19. The van der Waals surface area contributed by atoms with Crippen LogP contribution in [0.2, 0.25) is 0 Å². The Morgan fingerprint density at radius 1 is 1.23 bits per heavy atom. The number of aromatic nitrogens is 2. The summed E-state index contributed by atoms with van der Waals surface area (Å²) >= 11 is 3.50. The van der Waals surface area contributed by atoms with Gasteiger partial charge in [-0.25, -0.2) is 4.98 Å². The molecule has 1 aromatic heterocycles. The molecular formula is C15H13BrClN5. The fraction of sp³-hybridized carbons (Fsp3) is 0.0667. The molecule has 7 heteroatoms. The van der Waals surface area contributed by atoms with Crippen LogP contribution < -0.4 is 10.6 Å². The van der Waals surface area contributed by atoms with Crippen LogP contribution in [0.5, 0.6) is 0 Å². The molecule has 4 rings (SSSR count). The van der Waals surface area contributed by atoms with E-state index in [1.54, 1.807) is 6.33 Å². The van der Waals surface area contributed by atoms with Gasteiger partial charge in [0.2, 0.25) is 0 Å². The second-order valence-corrected chi connectivity index (χ2v) is 5.71. The number of halogens is 2. The molecule has 0 aliphatic carbocycles. The molecule has 1 aliphatic heterocycles. The SMILES string of the molecule is Brc1cccc(Nc2c3c(cc4nc[nH]c24)C=NCN3)c1.Cl. The molecule has 2 aromatic carbocycles. The van der Waals surface area contributed by atoms with Gasteiger partial charge >= 0.3 is 0 Å². The zero-order valence-electron chi connectivity index (χ0n) is 11.4. The largest absolute Gasteiger partial charge is 0.364 e. The number of benzene rings is 2. The molecule has 0 fully saturated rings. The number of fused-ring (bicyclic) bond motifs is 2. The predicted octanol–water partition coefficient (Wildman–Crippen LogP) is 4.29. The summed E-state index contributed by atoms with van der Waals surface area (Å²) in [5.41, 5.74) is 5.99. The summed E-state index contributed by atoms with van der Waals surface area (Å²) < 4.78 is 1.03. The third-order valence-corrected chi connectivity index (χ3v) is 3.91. The van der Waals surface area contributed by atoms with E-state index in [-0.39, 0.29) is 12.4 Å². The van der Waals surface area contributed by atoms with Crippen LogP contribution in [0, 0.1) is 0 Å². The van der Waals surface area contributed by atoms with Gasteiger partial charge in [0.25, 0.3) is 0 Å². The van der Waals surface area contributed by atoms with Gasteiger partial charge in [0.1, 0.15) is 6.67 Å². The third-order valence-electron chi connectivity index (χ3n) is 3.42. The summed E-state index contributed by atoms with van der Waals surface area (Å²) in [5, 5.41) is 6.80. The first kappa shape index (κ1) is 14.9. The number of aliphatic imine (C=N–C) groups is 1. The molecule has 0 radical (unpaired) electrons. The lowest BCUT2D eigenvalue weighted by atomic mass is 10.1. The fourth-order valence-corrected chi connectivity index (χ4v) is 2.90. The van der Waals surface area contributed by atoms with Crippen LogP contribution in [-0.4, -0.2) is 22.9 Å². The number of aromatic amines is 1. The highest BCUT2D eigenvalue weighted by molar-refractivity contribution is 9.10. The number of anilines is 3. The molecule has 0 saturated carbocycles. The number of H-pyrrole nitrogens is 1. The Morgan fingerprint density at radius 3 is 3.00 bits per heavy atom. The standard InChI is InChI=1S/C15H12BrN5.ClH/c16-10-2-1-3-11(5-10)21-15-13-9(6-17-7-19-13)4-12-14(15)20-8-18-12;/h1-6,8,19,21H,7H2,(H,18,20);1H. The minimum Gasteiger partial charge on any atom is -0.364 e. The van der Waals surface area contributed by atoms with Gasteiger partial charge in [-0.1, -0.05) is 22.0 Å².